The van der Waals surface area contributed by atoms with Gasteiger partial charge in [-0.2, -0.15) is 0 Å². The number of nitrogens with zero attached hydrogens (tertiary/aromatic N) is 4. The van der Waals surface area contributed by atoms with Crippen molar-refractivity contribution >= 4 is 39.0 Å². The van der Waals surface area contributed by atoms with Gasteiger partial charge in [0.2, 0.25) is 0 Å². The van der Waals surface area contributed by atoms with E-state index in [0.29, 0.717) is 17.5 Å². The van der Waals surface area contributed by atoms with E-state index in [2.05, 4.69) is 138 Å². The Balaban J connectivity index is 1.05. The summed E-state index contributed by atoms with van der Waals surface area (Å²) < 4.78 is 6.77. The molecule has 264 valence electrons. The van der Waals surface area contributed by atoms with E-state index in [1.165, 1.54) is 11.1 Å². The van der Waals surface area contributed by atoms with Crippen molar-refractivity contribution in [2.24, 2.45) is 0 Å². The Hall–Kier alpha value is -7.63. The lowest BCUT2D eigenvalue weighted by atomic mass is 10.0. The molecule has 0 radical (unpaired) electrons. The Morgan fingerprint density at radius 1 is 0.321 bits per heavy atom. The van der Waals surface area contributed by atoms with Gasteiger partial charge in [0.15, 0.2) is 17.5 Å². The number of furan rings is 1. The van der Waals surface area contributed by atoms with E-state index in [0.717, 1.165) is 66.8 Å². The minimum Gasteiger partial charge on any atom is -0.455 e. The van der Waals surface area contributed by atoms with Crippen LogP contribution >= 0.6 is 0 Å². The maximum Gasteiger partial charge on any atom is 0.164 e. The van der Waals surface area contributed by atoms with Crippen molar-refractivity contribution in [3.63, 3.8) is 0 Å². The fourth-order valence-corrected chi connectivity index (χ4v) is 7.37. The van der Waals surface area contributed by atoms with Crippen LogP contribution in [0.25, 0.3) is 78.4 Å². The highest BCUT2D eigenvalue weighted by molar-refractivity contribution is 6.10. The lowest BCUT2D eigenvalue weighted by molar-refractivity contribution is 0.670. The van der Waals surface area contributed by atoms with Crippen LogP contribution in [0.2, 0.25) is 0 Å². The molecule has 2 heterocycles. The van der Waals surface area contributed by atoms with Crippen molar-refractivity contribution in [2.75, 3.05) is 4.90 Å². The van der Waals surface area contributed by atoms with Gasteiger partial charge in [0.25, 0.3) is 0 Å². The zero-order valence-electron chi connectivity index (χ0n) is 30.3. The minimum absolute atomic E-state index is 0.589. The zero-order valence-corrected chi connectivity index (χ0v) is 30.3. The Kier molecular flexibility index (Phi) is 8.43. The predicted octanol–water partition coefficient (Wildman–Crippen LogP) is 13.6. The van der Waals surface area contributed by atoms with E-state index in [9.17, 15) is 0 Å². The van der Waals surface area contributed by atoms with Crippen molar-refractivity contribution in [2.45, 2.75) is 0 Å². The van der Waals surface area contributed by atoms with E-state index in [1.807, 2.05) is 72.8 Å². The first kappa shape index (κ1) is 33.0. The van der Waals surface area contributed by atoms with Crippen molar-refractivity contribution in [3.05, 3.63) is 206 Å². The molecule has 5 heteroatoms. The highest BCUT2D eigenvalue weighted by Gasteiger charge is 2.18. The standard InChI is InChI=1S/C51H34N4O/c1-5-15-35(16-6-1)36-27-30-42(31-28-36)55(41-22-11-4-12-23-41)43-24-13-21-39(33-43)44-25-14-26-46-45-32-29-40(34-47(45)56-48(44)46)51-53-49(37-17-7-2-8-18-37)52-50(54-51)38-19-9-3-10-20-38/h1-34H. The molecule has 10 rings (SSSR count). The van der Waals surface area contributed by atoms with Gasteiger partial charge in [0.05, 0.1) is 0 Å². The molecular formula is C51H34N4O. The van der Waals surface area contributed by atoms with Crippen molar-refractivity contribution < 1.29 is 4.42 Å². The van der Waals surface area contributed by atoms with Crippen LogP contribution in [0.5, 0.6) is 0 Å². The SMILES string of the molecule is c1ccc(-c2ccc(N(c3ccccc3)c3cccc(-c4cccc5c4oc4cc(-c6nc(-c7ccccc7)nc(-c7ccccc7)n6)ccc45)c3)cc2)cc1. The van der Waals surface area contributed by atoms with Crippen LogP contribution in [-0.4, -0.2) is 15.0 Å². The van der Waals surface area contributed by atoms with Crippen LogP contribution in [0.4, 0.5) is 17.1 Å². The second-order valence-electron chi connectivity index (χ2n) is 13.7. The predicted molar refractivity (Wildman–Crippen MR) is 229 cm³/mol. The quantitative estimate of drug-likeness (QED) is 0.157. The van der Waals surface area contributed by atoms with Crippen molar-refractivity contribution in [1.82, 2.24) is 15.0 Å². The van der Waals surface area contributed by atoms with E-state index in [1.54, 1.807) is 0 Å². The number of rotatable bonds is 8. The lowest BCUT2D eigenvalue weighted by Gasteiger charge is -2.26. The molecule has 0 aliphatic carbocycles. The first-order chi connectivity index (χ1) is 27.7. The summed E-state index contributed by atoms with van der Waals surface area (Å²) in [5.41, 5.74) is 12.0. The maximum absolute atomic E-state index is 6.77. The van der Waals surface area contributed by atoms with Crippen LogP contribution in [0.1, 0.15) is 0 Å². The summed E-state index contributed by atoms with van der Waals surface area (Å²) in [6, 6.07) is 71.1. The summed E-state index contributed by atoms with van der Waals surface area (Å²) in [7, 11) is 0. The third kappa shape index (κ3) is 6.27. The van der Waals surface area contributed by atoms with Gasteiger partial charge in [0, 0.05) is 50.1 Å². The zero-order chi connectivity index (χ0) is 37.3. The molecule has 0 aliphatic rings. The van der Waals surface area contributed by atoms with Gasteiger partial charge >= 0.3 is 0 Å². The molecule has 0 N–H and O–H groups in total. The molecule has 0 bridgehead atoms. The molecule has 0 saturated heterocycles. The van der Waals surface area contributed by atoms with E-state index < -0.39 is 0 Å². The molecule has 10 aromatic rings. The molecule has 0 spiro atoms. The van der Waals surface area contributed by atoms with Gasteiger partial charge < -0.3 is 9.32 Å². The molecule has 0 fully saturated rings. The number of hydrogen-bond acceptors (Lipinski definition) is 5. The average molecular weight is 719 g/mol. The van der Waals surface area contributed by atoms with Crippen molar-refractivity contribution in [1.29, 1.82) is 0 Å². The van der Waals surface area contributed by atoms with Gasteiger partial charge in [-0.05, 0) is 65.2 Å². The molecule has 0 saturated carbocycles. The molecule has 2 aromatic heterocycles. The molecule has 0 aliphatic heterocycles. The van der Waals surface area contributed by atoms with Crippen LogP contribution in [0.15, 0.2) is 211 Å². The topological polar surface area (TPSA) is 55.1 Å². The summed E-state index contributed by atoms with van der Waals surface area (Å²) in [6.45, 7) is 0. The van der Waals surface area contributed by atoms with Gasteiger partial charge in [-0.1, -0.05) is 158 Å². The van der Waals surface area contributed by atoms with E-state index in [-0.39, 0.29) is 0 Å². The summed E-state index contributed by atoms with van der Waals surface area (Å²) >= 11 is 0. The second kappa shape index (κ2) is 14.3. The molecule has 0 atom stereocenters. The molecule has 5 nitrogen and oxygen atoms in total. The summed E-state index contributed by atoms with van der Waals surface area (Å²) in [5, 5.41) is 2.09. The van der Waals surface area contributed by atoms with Crippen LogP contribution in [0.3, 0.4) is 0 Å². The highest BCUT2D eigenvalue weighted by Crippen LogP contribution is 2.41. The molecule has 0 unspecified atom stereocenters. The number of aromatic nitrogens is 3. The first-order valence-electron chi connectivity index (χ1n) is 18.7. The fourth-order valence-electron chi connectivity index (χ4n) is 7.37. The Bertz CT molecular complexity index is 2890. The van der Waals surface area contributed by atoms with E-state index in [4.69, 9.17) is 19.4 Å². The maximum atomic E-state index is 6.77. The Labute approximate surface area is 324 Å². The Morgan fingerprint density at radius 2 is 0.804 bits per heavy atom. The second-order valence-corrected chi connectivity index (χ2v) is 13.7. The third-order valence-electron chi connectivity index (χ3n) is 10.1. The molecular weight excluding hydrogens is 685 g/mol. The monoisotopic (exact) mass is 718 g/mol. The summed E-state index contributed by atoms with van der Waals surface area (Å²) in [5.74, 6) is 1.84. The number of anilines is 3. The summed E-state index contributed by atoms with van der Waals surface area (Å²) in [4.78, 5) is 17.1. The number of fused-ring (bicyclic) bond motifs is 3. The first-order valence-corrected chi connectivity index (χ1v) is 18.7. The lowest BCUT2D eigenvalue weighted by Crippen LogP contribution is -2.09. The smallest absolute Gasteiger partial charge is 0.164 e. The normalized spacial score (nSPS) is 11.2. The van der Waals surface area contributed by atoms with E-state index >= 15 is 0 Å². The summed E-state index contributed by atoms with van der Waals surface area (Å²) in [6.07, 6.45) is 0. The van der Waals surface area contributed by atoms with Crippen LogP contribution in [0, 0.1) is 0 Å². The molecule has 56 heavy (non-hydrogen) atoms. The van der Waals surface area contributed by atoms with Gasteiger partial charge in [-0.25, -0.2) is 15.0 Å². The van der Waals surface area contributed by atoms with Crippen molar-refractivity contribution in [3.8, 4) is 56.4 Å². The molecule has 8 aromatic carbocycles. The average Bonchev–Trinajstić information content (AvgIpc) is 3.66. The van der Waals surface area contributed by atoms with Crippen LogP contribution < -0.4 is 4.90 Å². The molecule has 0 amide bonds. The van der Waals surface area contributed by atoms with Gasteiger partial charge in [-0.3, -0.25) is 0 Å². The number of benzene rings is 8. The number of hydrogen-bond donors (Lipinski definition) is 0. The fraction of sp³-hybridized carbons (Fsp3) is 0. The van der Waals surface area contributed by atoms with Crippen LogP contribution in [-0.2, 0) is 0 Å². The van der Waals surface area contributed by atoms with Gasteiger partial charge in [0.1, 0.15) is 11.2 Å². The largest absolute Gasteiger partial charge is 0.455 e. The highest BCUT2D eigenvalue weighted by atomic mass is 16.3. The minimum atomic E-state index is 0.589. The number of para-hydroxylation sites is 2. The third-order valence-corrected chi connectivity index (χ3v) is 10.1. The van der Waals surface area contributed by atoms with Gasteiger partial charge in [-0.15, -0.1) is 0 Å². The Morgan fingerprint density at radius 3 is 1.45 bits per heavy atom.